The Kier molecular flexibility index (Phi) is 7.79. The van der Waals surface area contributed by atoms with Crippen molar-refractivity contribution in [3.8, 4) is 11.5 Å². The van der Waals surface area contributed by atoms with Crippen LogP contribution in [-0.2, 0) is 0 Å². The standard InChI is InChI=1S/C10H8O2.2K/c11-8-5-4-7-2-1-3-10(12)9(7)6-8;;/h1-6,11-12H;;/q;2*+1/p-2. The Morgan fingerprint density at radius 1 is 0.857 bits per heavy atom. The van der Waals surface area contributed by atoms with Crippen LogP contribution in [0.2, 0.25) is 0 Å². The van der Waals surface area contributed by atoms with E-state index in [9.17, 15) is 10.2 Å². The zero-order chi connectivity index (χ0) is 8.55. The van der Waals surface area contributed by atoms with Gasteiger partial charge in [-0.15, -0.1) is 11.5 Å². The van der Waals surface area contributed by atoms with Crippen LogP contribution in [0.4, 0.5) is 0 Å². The first kappa shape index (κ1) is 15.6. The van der Waals surface area contributed by atoms with Gasteiger partial charge in [0.05, 0.1) is 0 Å². The molecule has 4 heteroatoms. The van der Waals surface area contributed by atoms with Crippen LogP contribution in [0.5, 0.6) is 11.5 Å². The molecule has 2 rings (SSSR count). The molecule has 0 fully saturated rings. The van der Waals surface area contributed by atoms with Crippen molar-refractivity contribution >= 4 is 10.8 Å². The summed E-state index contributed by atoms with van der Waals surface area (Å²) in [4.78, 5) is 0. The molecule has 0 aliphatic heterocycles. The van der Waals surface area contributed by atoms with E-state index in [2.05, 4.69) is 0 Å². The van der Waals surface area contributed by atoms with E-state index in [1.165, 1.54) is 18.2 Å². The van der Waals surface area contributed by atoms with Gasteiger partial charge in [-0.25, -0.2) is 0 Å². The van der Waals surface area contributed by atoms with Crippen molar-refractivity contribution in [1.29, 1.82) is 0 Å². The molecule has 2 nitrogen and oxygen atoms in total. The first-order valence-corrected chi connectivity index (χ1v) is 3.64. The van der Waals surface area contributed by atoms with Crippen molar-refractivity contribution in [1.82, 2.24) is 0 Å². The van der Waals surface area contributed by atoms with Gasteiger partial charge < -0.3 is 10.2 Å². The van der Waals surface area contributed by atoms with E-state index in [4.69, 9.17) is 0 Å². The third kappa shape index (κ3) is 3.55. The minimum Gasteiger partial charge on any atom is -0.872 e. The minimum absolute atomic E-state index is 0. The van der Waals surface area contributed by atoms with Gasteiger partial charge in [0.2, 0.25) is 0 Å². The second-order valence-electron chi connectivity index (χ2n) is 2.64. The quantitative estimate of drug-likeness (QED) is 0.430. The second kappa shape index (κ2) is 7.01. The number of fused-ring (bicyclic) bond motifs is 1. The molecule has 0 amide bonds. The summed E-state index contributed by atoms with van der Waals surface area (Å²) in [6.45, 7) is 0. The van der Waals surface area contributed by atoms with Crippen LogP contribution in [0.3, 0.4) is 0 Å². The summed E-state index contributed by atoms with van der Waals surface area (Å²) >= 11 is 0. The molecular weight excluding hydrogens is 230 g/mol. The minimum atomic E-state index is -0.120. The molecule has 0 radical (unpaired) electrons. The van der Waals surface area contributed by atoms with E-state index in [-0.39, 0.29) is 114 Å². The van der Waals surface area contributed by atoms with Crippen LogP contribution in [-0.4, -0.2) is 0 Å². The fourth-order valence-corrected chi connectivity index (χ4v) is 1.22. The Balaban J connectivity index is 0.000000845. The fourth-order valence-electron chi connectivity index (χ4n) is 1.22. The van der Waals surface area contributed by atoms with Gasteiger partial charge in [-0.3, -0.25) is 0 Å². The average molecular weight is 236 g/mol. The summed E-state index contributed by atoms with van der Waals surface area (Å²) in [6.07, 6.45) is 0. The van der Waals surface area contributed by atoms with E-state index >= 15 is 0 Å². The SMILES string of the molecule is [K+].[K+].[O-]c1ccc2cccc([O-])c2c1. The van der Waals surface area contributed by atoms with Crippen molar-refractivity contribution in [2.45, 2.75) is 0 Å². The summed E-state index contributed by atoms with van der Waals surface area (Å²) in [5, 5.41) is 23.4. The molecule has 0 heterocycles. The van der Waals surface area contributed by atoms with E-state index in [1.54, 1.807) is 12.1 Å². The van der Waals surface area contributed by atoms with Crippen molar-refractivity contribution < 1.29 is 113 Å². The number of hydrogen-bond acceptors (Lipinski definition) is 2. The molecule has 0 bridgehead atoms. The molecular formula is C10H6K2O2. The molecule has 0 atom stereocenters. The number of hydrogen-bond donors (Lipinski definition) is 0. The topological polar surface area (TPSA) is 46.1 Å². The maximum atomic E-state index is 11.2. The Hall–Kier alpha value is 1.57. The zero-order valence-corrected chi connectivity index (χ0v) is 14.5. The maximum absolute atomic E-state index is 11.2. The van der Waals surface area contributed by atoms with Gasteiger partial charge in [-0.1, -0.05) is 36.4 Å². The third-order valence-electron chi connectivity index (χ3n) is 1.81. The summed E-state index contributed by atoms with van der Waals surface area (Å²) in [5.74, 6) is -0.212. The predicted molar refractivity (Wildman–Crippen MR) is 42.8 cm³/mol. The Morgan fingerprint density at radius 3 is 2.29 bits per heavy atom. The largest absolute Gasteiger partial charge is 1.00 e. The van der Waals surface area contributed by atoms with Crippen LogP contribution in [0.25, 0.3) is 10.8 Å². The molecule has 0 spiro atoms. The van der Waals surface area contributed by atoms with Gasteiger partial charge in [0.1, 0.15) is 0 Å². The van der Waals surface area contributed by atoms with Gasteiger partial charge in [0.25, 0.3) is 0 Å². The summed E-state index contributed by atoms with van der Waals surface area (Å²) in [6, 6.07) is 9.46. The molecule has 0 aliphatic carbocycles. The second-order valence-corrected chi connectivity index (χ2v) is 2.64. The van der Waals surface area contributed by atoms with Crippen LogP contribution >= 0.6 is 0 Å². The molecule has 0 saturated heterocycles. The Bertz CT molecular complexity index is 429. The Morgan fingerprint density at radius 2 is 1.57 bits per heavy atom. The van der Waals surface area contributed by atoms with Crippen LogP contribution in [0.15, 0.2) is 36.4 Å². The monoisotopic (exact) mass is 236 g/mol. The average Bonchev–Trinajstić information content (AvgIpc) is 2.07. The van der Waals surface area contributed by atoms with Crippen molar-refractivity contribution in [3.63, 3.8) is 0 Å². The molecule has 2 aromatic carbocycles. The van der Waals surface area contributed by atoms with Gasteiger partial charge in [-0.2, -0.15) is 0 Å². The number of benzene rings is 2. The first-order valence-electron chi connectivity index (χ1n) is 3.64. The fraction of sp³-hybridized carbons (Fsp3) is 0. The Labute approximate surface area is 168 Å². The molecule has 2 aromatic rings. The van der Waals surface area contributed by atoms with E-state index in [0.717, 1.165) is 5.39 Å². The molecule has 14 heavy (non-hydrogen) atoms. The number of rotatable bonds is 0. The van der Waals surface area contributed by atoms with Crippen molar-refractivity contribution in [2.24, 2.45) is 0 Å². The normalized spacial score (nSPS) is 8.86. The summed E-state index contributed by atoms with van der Waals surface area (Å²) < 4.78 is 0. The molecule has 0 saturated carbocycles. The molecule has 0 unspecified atom stereocenters. The van der Waals surface area contributed by atoms with Crippen LogP contribution in [0, 0.1) is 0 Å². The maximum Gasteiger partial charge on any atom is 1.00 e. The van der Waals surface area contributed by atoms with Crippen LogP contribution < -0.4 is 113 Å². The summed E-state index contributed by atoms with van der Waals surface area (Å²) in [7, 11) is 0. The molecule has 0 aliphatic rings. The van der Waals surface area contributed by atoms with Gasteiger partial charge in [0, 0.05) is 0 Å². The zero-order valence-electron chi connectivity index (χ0n) is 8.28. The van der Waals surface area contributed by atoms with Crippen molar-refractivity contribution in [3.05, 3.63) is 36.4 Å². The van der Waals surface area contributed by atoms with Crippen LogP contribution in [0.1, 0.15) is 0 Å². The van der Waals surface area contributed by atoms with Crippen molar-refractivity contribution in [2.75, 3.05) is 0 Å². The molecule has 60 valence electrons. The predicted octanol–water partition coefficient (Wildman–Crippen LogP) is -5.00. The van der Waals surface area contributed by atoms with E-state index in [1.807, 2.05) is 6.07 Å². The van der Waals surface area contributed by atoms with Gasteiger partial charge in [-0.05, 0) is 10.8 Å². The van der Waals surface area contributed by atoms with E-state index < -0.39 is 0 Å². The van der Waals surface area contributed by atoms with Gasteiger partial charge in [0.15, 0.2) is 0 Å². The smallest absolute Gasteiger partial charge is 0.872 e. The first-order chi connectivity index (χ1) is 5.77. The van der Waals surface area contributed by atoms with E-state index in [0.29, 0.717) is 5.39 Å². The molecule has 0 aromatic heterocycles. The summed E-state index contributed by atoms with van der Waals surface area (Å²) in [5.41, 5.74) is 0. The van der Waals surface area contributed by atoms with Gasteiger partial charge >= 0.3 is 103 Å². The molecule has 0 N–H and O–H groups in total. The third-order valence-corrected chi connectivity index (χ3v) is 1.81.